The van der Waals surface area contributed by atoms with Crippen molar-refractivity contribution in [3.8, 4) is 0 Å². The Morgan fingerprint density at radius 2 is 0.727 bits per heavy atom. The van der Waals surface area contributed by atoms with Gasteiger partial charge in [0.25, 0.3) is 0 Å². The third-order valence-corrected chi connectivity index (χ3v) is 5.92. The van der Waals surface area contributed by atoms with Crippen molar-refractivity contribution in [3.63, 3.8) is 0 Å². The lowest BCUT2D eigenvalue weighted by atomic mass is 9.71. The molecule has 0 amide bonds. The van der Waals surface area contributed by atoms with E-state index in [1.165, 1.54) is 89.9 Å². The van der Waals surface area contributed by atoms with Gasteiger partial charge in [0.15, 0.2) is 0 Å². The minimum Gasteiger partial charge on any atom is -0.0654 e. The first kappa shape index (κ1) is 20.0. The van der Waals surface area contributed by atoms with Crippen molar-refractivity contribution >= 4 is 0 Å². The fourth-order valence-electron chi connectivity index (χ4n) is 4.42. The first-order chi connectivity index (χ1) is 10.9. The Bertz CT molecular complexity index is 184. The second-order valence-electron chi connectivity index (χ2n) is 7.92. The lowest BCUT2D eigenvalue weighted by Crippen LogP contribution is -2.22. The van der Waals surface area contributed by atoms with Crippen LogP contribution in [0, 0.1) is 11.8 Å². The van der Waals surface area contributed by atoms with Crippen LogP contribution in [0.5, 0.6) is 0 Å². The van der Waals surface area contributed by atoms with Gasteiger partial charge in [0.05, 0.1) is 0 Å². The van der Waals surface area contributed by atoms with Crippen LogP contribution < -0.4 is 0 Å². The number of fused-ring (bicyclic) bond motifs is 1. The molecule has 0 bridgehead atoms. The van der Waals surface area contributed by atoms with E-state index in [9.17, 15) is 0 Å². The average molecular weight is 309 g/mol. The lowest BCUT2D eigenvalue weighted by molar-refractivity contribution is 0.171. The molecule has 132 valence electrons. The van der Waals surface area contributed by atoms with Gasteiger partial charge in [-0.1, -0.05) is 129 Å². The summed E-state index contributed by atoms with van der Waals surface area (Å²) < 4.78 is 0. The van der Waals surface area contributed by atoms with E-state index in [4.69, 9.17) is 0 Å². The molecule has 0 spiro atoms. The number of rotatable bonds is 9. The molecule has 2 aliphatic carbocycles. The highest BCUT2D eigenvalue weighted by molar-refractivity contribution is 4.78. The summed E-state index contributed by atoms with van der Waals surface area (Å²) in [4.78, 5) is 0. The van der Waals surface area contributed by atoms with Gasteiger partial charge in [-0.25, -0.2) is 0 Å². The summed E-state index contributed by atoms with van der Waals surface area (Å²) in [5.74, 6) is 2.31. The van der Waals surface area contributed by atoms with Gasteiger partial charge in [0.2, 0.25) is 0 Å². The standard InChI is InChI=1S/C12H26.C10H18/c1-3-5-7-9-11-12-10-8-6-4-2;1-2-6-10-8-4-3-7-9(10)5-1/h3-12H2,1-2H3;9-10H,1-8H2. The number of hydrogen-bond donors (Lipinski definition) is 0. The molecule has 0 aromatic rings. The molecule has 2 aliphatic rings. The Morgan fingerprint density at radius 1 is 0.455 bits per heavy atom. The third kappa shape index (κ3) is 9.90. The Hall–Kier alpha value is 0. The fraction of sp³-hybridized carbons (Fsp3) is 1.00. The Labute approximate surface area is 141 Å². The molecule has 0 saturated heterocycles. The smallest absolute Gasteiger partial charge is 0.0386 e. The minimum absolute atomic E-state index is 1.16. The van der Waals surface area contributed by atoms with E-state index in [1.54, 1.807) is 25.7 Å². The molecule has 2 saturated carbocycles. The maximum absolute atomic E-state index is 2.28. The molecule has 0 aromatic heterocycles. The molecule has 0 N–H and O–H groups in total. The van der Waals surface area contributed by atoms with Crippen molar-refractivity contribution in [2.45, 2.75) is 129 Å². The van der Waals surface area contributed by atoms with Crippen LogP contribution in [-0.4, -0.2) is 0 Å². The van der Waals surface area contributed by atoms with Gasteiger partial charge in [-0.2, -0.15) is 0 Å². The molecule has 2 fully saturated rings. The zero-order valence-corrected chi connectivity index (χ0v) is 15.9. The second-order valence-corrected chi connectivity index (χ2v) is 7.92. The Morgan fingerprint density at radius 3 is 1.00 bits per heavy atom. The predicted molar refractivity (Wildman–Crippen MR) is 101 cm³/mol. The molecule has 0 unspecified atom stereocenters. The summed E-state index contributed by atoms with van der Waals surface area (Å²) in [6, 6.07) is 0. The van der Waals surface area contributed by atoms with Crippen LogP contribution in [0.4, 0.5) is 0 Å². The van der Waals surface area contributed by atoms with Gasteiger partial charge in [-0.15, -0.1) is 0 Å². The summed E-state index contributed by atoms with van der Waals surface area (Å²) in [6.07, 6.45) is 26.8. The van der Waals surface area contributed by atoms with Gasteiger partial charge in [0.1, 0.15) is 0 Å². The van der Waals surface area contributed by atoms with Crippen LogP contribution in [0.2, 0.25) is 0 Å². The van der Waals surface area contributed by atoms with E-state index >= 15 is 0 Å². The van der Waals surface area contributed by atoms with E-state index < -0.39 is 0 Å². The largest absolute Gasteiger partial charge is 0.0654 e. The zero-order valence-electron chi connectivity index (χ0n) is 15.9. The molecule has 2 rings (SSSR count). The molecular weight excluding hydrogens is 264 g/mol. The highest BCUT2D eigenvalue weighted by atomic mass is 14.3. The quantitative estimate of drug-likeness (QED) is 0.376. The number of hydrogen-bond acceptors (Lipinski definition) is 0. The molecular formula is C22H44. The summed E-state index contributed by atoms with van der Waals surface area (Å²) >= 11 is 0. The molecule has 0 heterocycles. The van der Waals surface area contributed by atoms with Crippen molar-refractivity contribution < 1.29 is 0 Å². The lowest BCUT2D eigenvalue weighted by Gasteiger charge is -2.35. The second kappa shape index (κ2) is 14.6. The van der Waals surface area contributed by atoms with Gasteiger partial charge in [0, 0.05) is 0 Å². The molecule has 22 heavy (non-hydrogen) atoms. The molecule has 0 atom stereocenters. The summed E-state index contributed by atoms with van der Waals surface area (Å²) in [5, 5.41) is 0. The minimum atomic E-state index is 1.16. The topological polar surface area (TPSA) is 0 Å². The predicted octanol–water partition coefficient (Wildman–Crippen LogP) is 8.29. The summed E-state index contributed by atoms with van der Waals surface area (Å²) in [7, 11) is 0. The van der Waals surface area contributed by atoms with Gasteiger partial charge >= 0.3 is 0 Å². The summed E-state index contributed by atoms with van der Waals surface area (Å²) in [6.45, 7) is 4.56. The molecule has 0 heteroatoms. The monoisotopic (exact) mass is 308 g/mol. The molecule has 0 radical (unpaired) electrons. The van der Waals surface area contributed by atoms with E-state index in [2.05, 4.69) is 13.8 Å². The maximum Gasteiger partial charge on any atom is -0.0386 e. The van der Waals surface area contributed by atoms with Crippen molar-refractivity contribution in [2.24, 2.45) is 11.8 Å². The van der Waals surface area contributed by atoms with Crippen LogP contribution in [0.15, 0.2) is 0 Å². The van der Waals surface area contributed by atoms with Crippen molar-refractivity contribution in [3.05, 3.63) is 0 Å². The van der Waals surface area contributed by atoms with E-state index in [1.807, 2.05) is 0 Å². The first-order valence-electron chi connectivity index (χ1n) is 10.9. The maximum atomic E-state index is 2.28. The van der Waals surface area contributed by atoms with Crippen LogP contribution in [0.3, 0.4) is 0 Å². The van der Waals surface area contributed by atoms with Crippen LogP contribution >= 0.6 is 0 Å². The van der Waals surface area contributed by atoms with Crippen molar-refractivity contribution in [1.82, 2.24) is 0 Å². The summed E-state index contributed by atoms with van der Waals surface area (Å²) in [5.41, 5.74) is 0. The zero-order chi connectivity index (χ0) is 15.9. The van der Waals surface area contributed by atoms with Crippen molar-refractivity contribution in [2.75, 3.05) is 0 Å². The first-order valence-corrected chi connectivity index (χ1v) is 10.9. The SMILES string of the molecule is C1CCC2CCCCC2C1.CCCCCCCCCCCC. The van der Waals surface area contributed by atoms with Crippen LogP contribution in [-0.2, 0) is 0 Å². The van der Waals surface area contributed by atoms with E-state index in [0.29, 0.717) is 0 Å². The van der Waals surface area contributed by atoms with Gasteiger partial charge in [-0.3, -0.25) is 0 Å². The average Bonchev–Trinajstić information content (AvgIpc) is 2.58. The van der Waals surface area contributed by atoms with Gasteiger partial charge < -0.3 is 0 Å². The highest BCUT2D eigenvalue weighted by Crippen LogP contribution is 2.39. The fourth-order valence-corrected chi connectivity index (χ4v) is 4.42. The Kier molecular flexibility index (Phi) is 13.3. The van der Waals surface area contributed by atoms with E-state index in [0.717, 1.165) is 11.8 Å². The van der Waals surface area contributed by atoms with Gasteiger partial charge in [-0.05, 0) is 11.8 Å². The van der Waals surface area contributed by atoms with Crippen LogP contribution in [0.25, 0.3) is 0 Å². The number of unbranched alkanes of at least 4 members (excludes halogenated alkanes) is 9. The van der Waals surface area contributed by atoms with E-state index in [-0.39, 0.29) is 0 Å². The third-order valence-electron chi connectivity index (χ3n) is 5.92. The molecule has 0 nitrogen and oxygen atoms in total. The molecule has 0 aliphatic heterocycles. The normalized spacial score (nSPS) is 24.3. The van der Waals surface area contributed by atoms with Crippen molar-refractivity contribution in [1.29, 1.82) is 0 Å². The molecule has 0 aromatic carbocycles. The highest BCUT2D eigenvalue weighted by Gasteiger charge is 2.26. The van der Waals surface area contributed by atoms with Crippen LogP contribution in [0.1, 0.15) is 129 Å². The Balaban J connectivity index is 0.000000222.